The van der Waals surface area contributed by atoms with E-state index in [2.05, 4.69) is 149 Å². The molecule has 10 rings (SSSR count). The van der Waals surface area contributed by atoms with Gasteiger partial charge in [-0.25, -0.2) is 0 Å². The van der Waals surface area contributed by atoms with Crippen molar-refractivity contribution in [3.05, 3.63) is 145 Å². The van der Waals surface area contributed by atoms with E-state index in [1.54, 1.807) is 0 Å². The van der Waals surface area contributed by atoms with Crippen LogP contribution in [-0.4, -0.2) is 9.55 Å². The summed E-state index contributed by atoms with van der Waals surface area (Å²) in [4.78, 5) is 3.76. The van der Waals surface area contributed by atoms with Crippen LogP contribution in [-0.2, 0) is 6.42 Å². The third-order valence-electron chi connectivity index (χ3n) is 9.76. The number of hydrogen-bond acceptors (Lipinski definition) is 0. The fourth-order valence-electron chi connectivity index (χ4n) is 7.82. The topological polar surface area (TPSA) is 20.7 Å². The normalized spacial score (nSPS) is 13.2. The minimum Gasteiger partial charge on any atom is -0.354 e. The number of para-hydroxylation sites is 2. The summed E-state index contributed by atoms with van der Waals surface area (Å²) in [5, 5.41) is 10.3. The molecule has 0 amide bonds. The van der Waals surface area contributed by atoms with Gasteiger partial charge in [0.25, 0.3) is 0 Å². The van der Waals surface area contributed by atoms with Crippen LogP contribution < -0.4 is 0 Å². The number of rotatable bonds is 2. The average Bonchev–Trinajstić information content (AvgIpc) is 3.63. The maximum absolute atomic E-state index is 3.76. The second kappa shape index (κ2) is 8.95. The fraction of sp³-hybridized carbons (Fsp3) is 0.0476. The van der Waals surface area contributed by atoms with Gasteiger partial charge in [0.1, 0.15) is 0 Å². The lowest BCUT2D eigenvalue weighted by molar-refractivity contribution is 0.991. The molecule has 7 aromatic carbocycles. The second-order valence-electron chi connectivity index (χ2n) is 12.1. The Morgan fingerprint density at radius 1 is 0.545 bits per heavy atom. The molecule has 1 aliphatic rings. The van der Waals surface area contributed by atoms with E-state index in [1.807, 2.05) is 0 Å². The molecule has 0 fully saturated rings. The van der Waals surface area contributed by atoms with Crippen molar-refractivity contribution in [1.29, 1.82) is 0 Å². The van der Waals surface area contributed by atoms with Crippen LogP contribution in [0.15, 0.2) is 133 Å². The molecule has 1 aliphatic carbocycles. The Kier molecular flexibility index (Phi) is 4.86. The van der Waals surface area contributed by atoms with Crippen molar-refractivity contribution in [2.75, 3.05) is 0 Å². The van der Waals surface area contributed by atoms with Gasteiger partial charge in [-0.2, -0.15) is 0 Å². The quantitative estimate of drug-likeness (QED) is 0.217. The SMILES string of the molecule is C1=Cc2c(c(-c3cc4c(c5ccccc35)c3ccccc3n4-c3ccc4ccccc4c3)cc3c2[nH]c2ccccc23)CC1. The summed E-state index contributed by atoms with van der Waals surface area (Å²) in [6.45, 7) is 0. The number of benzene rings is 7. The summed E-state index contributed by atoms with van der Waals surface area (Å²) in [6, 6.07) is 47.0. The molecule has 1 N–H and O–H groups in total. The van der Waals surface area contributed by atoms with Gasteiger partial charge in [0.15, 0.2) is 0 Å². The first kappa shape index (κ1) is 23.9. The third-order valence-corrected chi connectivity index (χ3v) is 9.76. The number of aromatic amines is 1. The smallest absolute Gasteiger partial charge is 0.0553 e. The molecule has 0 spiro atoms. The summed E-state index contributed by atoms with van der Waals surface area (Å²) >= 11 is 0. The van der Waals surface area contributed by atoms with Gasteiger partial charge in [-0.3, -0.25) is 0 Å². The number of allylic oxidation sites excluding steroid dienone is 1. The molecule has 9 aromatic rings. The Hall–Kier alpha value is -5.60. The Bertz CT molecular complexity index is 2660. The van der Waals surface area contributed by atoms with Crippen molar-refractivity contribution >= 4 is 71.2 Å². The van der Waals surface area contributed by atoms with Crippen LogP contribution in [0, 0.1) is 0 Å². The minimum atomic E-state index is 1.03. The first-order chi connectivity index (χ1) is 21.8. The summed E-state index contributed by atoms with van der Waals surface area (Å²) in [5.74, 6) is 0. The lowest BCUT2D eigenvalue weighted by Gasteiger charge is -2.19. The van der Waals surface area contributed by atoms with Crippen molar-refractivity contribution in [2.45, 2.75) is 12.8 Å². The molecule has 2 nitrogen and oxygen atoms in total. The van der Waals surface area contributed by atoms with Crippen molar-refractivity contribution in [1.82, 2.24) is 9.55 Å². The van der Waals surface area contributed by atoms with Gasteiger partial charge in [-0.05, 0) is 87.5 Å². The average molecular weight is 561 g/mol. The molecule has 0 atom stereocenters. The highest BCUT2D eigenvalue weighted by atomic mass is 15.0. The lowest BCUT2D eigenvalue weighted by Crippen LogP contribution is -2.00. The number of hydrogen-bond donors (Lipinski definition) is 1. The van der Waals surface area contributed by atoms with E-state index in [0.717, 1.165) is 12.8 Å². The van der Waals surface area contributed by atoms with Crippen LogP contribution in [0.1, 0.15) is 17.5 Å². The van der Waals surface area contributed by atoms with Gasteiger partial charge in [0.05, 0.1) is 16.6 Å². The maximum atomic E-state index is 3.76. The van der Waals surface area contributed by atoms with Crippen LogP contribution in [0.25, 0.3) is 88.0 Å². The number of aromatic nitrogens is 2. The van der Waals surface area contributed by atoms with Gasteiger partial charge >= 0.3 is 0 Å². The van der Waals surface area contributed by atoms with E-state index < -0.39 is 0 Å². The molecule has 0 aliphatic heterocycles. The summed E-state index contributed by atoms with van der Waals surface area (Å²) in [6.07, 6.45) is 6.76. The van der Waals surface area contributed by atoms with Crippen LogP contribution in [0.5, 0.6) is 0 Å². The molecule has 206 valence electrons. The standard InChI is InChI=1S/C42H28N2/c1-2-12-27-23-28(22-21-26(27)11-1)44-39-20-10-8-18-34(39)41-32-16-5-3-13-29(32)36(25-40(41)44)35-24-37-31-15-7-9-19-38(31)43-42(37)33-17-6-4-14-30(33)35/h1-3,5-13,15-25,43H,4,14H2. The number of fused-ring (bicyclic) bond motifs is 11. The van der Waals surface area contributed by atoms with Crippen LogP contribution in [0.3, 0.4) is 0 Å². The van der Waals surface area contributed by atoms with Gasteiger partial charge < -0.3 is 9.55 Å². The Morgan fingerprint density at radius 2 is 1.30 bits per heavy atom. The fourth-order valence-corrected chi connectivity index (χ4v) is 7.82. The molecular weight excluding hydrogens is 532 g/mol. The van der Waals surface area contributed by atoms with Gasteiger partial charge in [0, 0.05) is 38.3 Å². The molecule has 0 saturated heterocycles. The molecule has 2 aromatic heterocycles. The maximum Gasteiger partial charge on any atom is 0.0553 e. The number of H-pyrrole nitrogens is 1. The zero-order chi connectivity index (χ0) is 28.8. The zero-order valence-corrected chi connectivity index (χ0v) is 24.1. The van der Waals surface area contributed by atoms with Gasteiger partial charge in [-0.15, -0.1) is 0 Å². The molecule has 0 saturated carbocycles. The number of nitrogens with one attached hydrogen (secondary N) is 1. The molecule has 2 heterocycles. The minimum absolute atomic E-state index is 1.03. The third kappa shape index (κ3) is 3.25. The van der Waals surface area contributed by atoms with E-state index in [0.29, 0.717) is 0 Å². The summed E-state index contributed by atoms with van der Waals surface area (Å²) in [5.41, 5.74) is 11.5. The van der Waals surface area contributed by atoms with E-state index >= 15 is 0 Å². The van der Waals surface area contributed by atoms with E-state index in [1.165, 1.54) is 93.1 Å². The second-order valence-corrected chi connectivity index (χ2v) is 12.1. The van der Waals surface area contributed by atoms with E-state index in [-0.39, 0.29) is 0 Å². The highest BCUT2D eigenvalue weighted by Gasteiger charge is 2.22. The van der Waals surface area contributed by atoms with Gasteiger partial charge in [-0.1, -0.05) is 103 Å². The summed E-state index contributed by atoms with van der Waals surface area (Å²) < 4.78 is 2.48. The van der Waals surface area contributed by atoms with Crippen LogP contribution in [0.4, 0.5) is 0 Å². The predicted octanol–water partition coefficient (Wildman–Crippen LogP) is 11.4. The van der Waals surface area contributed by atoms with Gasteiger partial charge in [0.2, 0.25) is 0 Å². The Labute approximate surface area is 254 Å². The molecule has 2 heteroatoms. The summed E-state index contributed by atoms with van der Waals surface area (Å²) in [7, 11) is 0. The highest BCUT2D eigenvalue weighted by Crippen LogP contribution is 2.45. The van der Waals surface area contributed by atoms with Crippen molar-refractivity contribution in [3.63, 3.8) is 0 Å². The lowest BCUT2D eigenvalue weighted by atomic mass is 9.85. The molecule has 0 bridgehead atoms. The van der Waals surface area contributed by atoms with Crippen molar-refractivity contribution in [2.24, 2.45) is 0 Å². The van der Waals surface area contributed by atoms with Crippen LogP contribution >= 0.6 is 0 Å². The van der Waals surface area contributed by atoms with E-state index in [4.69, 9.17) is 0 Å². The Morgan fingerprint density at radius 3 is 2.20 bits per heavy atom. The largest absolute Gasteiger partial charge is 0.354 e. The molecule has 0 unspecified atom stereocenters. The first-order valence-electron chi connectivity index (χ1n) is 15.5. The molecule has 0 radical (unpaired) electrons. The van der Waals surface area contributed by atoms with E-state index in [9.17, 15) is 0 Å². The number of nitrogens with zero attached hydrogens (tertiary/aromatic N) is 1. The molecular formula is C42H28N2. The zero-order valence-electron chi connectivity index (χ0n) is 24.1. The predicted molar refractivity (Wildman–Crippen MR) is 188 cm³/mol. The van der Waals surface area contributed by atoms with Crippen LogP contribution in [0.2, 0.25) is 0 Å². The Balaban J connectivity index is 1.38. The van der Waals surface area contributed by atoms with Crippen molar-refractivity contribution < 1.29 is 0 Å². The van der Waals surface area contributed by atoms with Crippen molar-refractivity contribution in [3.8, 4) is 16.8 Å². The highest BCUT2D eigenvalue weighted by molar-refractivity contribution is 6.25. The first-order valence-corrected chi connectivity index (χ1v) is 15.5. The molecule has 44 heavy (non-hydrogen) atoms. The monoisotopic (exact) mass is 560 g/mol.